The lowest BCUT2D eigenvalue weighted by Crippen LogP contribution is -2.13. The monoisotopic (exact) mass is 270 g/mol. The van der Waals surface area contributed by atoms with Gasteiger partial charge in [-0.3, -0.25) is 9.59 Å². The Hall–Kier alpha value is -1.43. The minimum atomic E-state index is -0.746. The molecule has 1 aromatic heterocycles. The van der Waals surface area contributed by atoms with Gasteiger partial charge in [0.1, 0.15) is 0 Å². The van der Waals surface area contributed by atoms with Crippen molar-refractivity contribution in [2.45, 2.75) is 39.0 Å². The van der Waals surface area contributed by atoms with Gasteiger partial charge in [-0.25, -0.2) is 4.98 Å². The van der Waals surface area contributed by atoms with Crippen molar-refractivity contribution in [3.63, 3.8) is 0 Å². The summed E-state index contributed by atoms with van der Waals surface area (Å²) >= 11 is 1.38. The van der Waals surface area contributed by atoms with Gasteiger partial charge in [-0.15, -0.1) is 11.3 Å². The first kappa shape index (κ1) is 14.6. The summed E-state index contributed by atoms with van der Waals surface area (Å²) in [4.78, 5) is 26.2. The lowest BCUT2D eigenvalue weighted by molar-refractivity contribution is -0.142. The fraction of sp³-hybridized carbons (Fsp3) is 0.583. The van der Waals surface area contributed by atoms with Crippen molar-refractivity contribution in [2.24, 2.45) is 5.92 Å². The molecule has 0 bridgehead atoms. The zero-order valence-electron chi connectivity index (χ0n) is 10.4. The third-order valence-corrected chi connectivity index (χ3v) is 3.42. The van der Waals surface area contributed by atoms with Gasteiger partial charge in [0.15, 0.2) is 5.13 Å². The zero-order valence-corrected chi connectivity index (χ0v) is 11.2. The van der Waals surface area contributed by atoms with Gasteiger partial charge in [-0.1, -0.05) is 13.3 Å². The molecule has 0 aromatic carbocycles. The van der Waals surface area contributed by atoms with Gasteiger partial charge in [-0.05, 0) is 19.3 Å². The smallest absolute Gasteiger partial charge is 0.306 e. The van der Waals surface area contributed by atoms with Crippen LogP contribution in [0.4, 0.5) is 5.13 Å². The van der Waals surface area contributed by atoms with E-state index in [2.05, 4.69) is 10.3 Å². The molecule has 6 heteroatoms. The summed E-state index contributed by atoms with van der Waals surface area (Å²) in [5, 5.41) is 14.0. The first-order chi connectivity index (χ1) is 8.63. The summed E-state index contributed by atoms with van der Waals surface area (Å²) in [6.45, 7) is 1.87. The van der Waals surface area contributed by atoms with E-state index in [4.69, 9.17) is 5.11 Å². The van der Waals surface area contributed by atoms with Gasteiger partial charge in [0.2, 0.25) is 5.91 Å². The summed E-state index contributed by atoms with van der Waals surface area (Å²) in [5.74, 6) is -1.09. The fourth-order valence-corrected chi connectivity index (χ4v) is 2.19. The van der Waals surface area contributed by atoms with Crippen molar-refractivity contribution in [1.29, 1.82) is 0 Å². The number of hydrogen-bond donors (Lipinski definition) is 2. The van der Waals surface area contributed by atoms with Crippen LogP contribution >= 0.6 is 11.3 Å². The Morgan fingerprint density at radius 2 is 2.28 bits per heavy atom. The first-order valence-electron chi connectivity index (χ1n) is 6.05. The zero-order chi connectivity index (χ0) is 13.4. The second-order valence-corrected chi connectivity index (χ2v) is 4.97. The molecule has 0 aliphatic carbocycles. The van der Waals surface area contributed by atoms with E-state index in [1.807, 2.05) is 6.92 Å². The molecule has 0 unspecified atom stereocenters. The third kappa shape index (κ3) is 5.27. The molecule has 0 fully saturated rings. The molecule has 0 spiro atoms. The molecule has 2 N–H and O–H groups in total. The Labute approximate surface area is 110 Å². The molecule has 1 aromatic rings. The lowest BCUT2D eigenvalue weighted by atomic mass is 9.99. The van der Waals surface area contributed by atoms with Gasteiger partial charge in [0.05, 0.1) is 5.92 Å². The minimum absolute atomic E-state index is 0.0617. The Morgan fingerprint density at radius 1 is 1.50 bits per heavy atom. The predicted octanol–water partition coefficient (Wildman–Crippen LogP) is 2.75. The Kier molecular flexibility index (Phi) is 6.35. The summed E-state index contributed by atoms with van der Waals surface area (Å²) in [6.07, 6.45) is 4.79. The number of rotatable bonds is 8. The molecule has 1 amide bonds. The number of thiazole rings is 1. The van der Waals surface area contributed by atoms with E-state index in [0.717, 1.165) is 6.42 Å². The molecule has 0 aliphatic rings. The molecule has 0 saturated carbocycles. The van der Waals surface area contributed by atoms with Crippen LogP contribution in [0.2, 0.25) is 0 Å². The predicted molar refractivity (Wildman–Crippen MR) is 70.6 cm³/mol. The van der Waals surface area contributed by atoms with Crippen LogP contribution in [0, 0.1) is 5.92 Å². The number of hydrogen-bond acceptors (Lipinski definition) is 4. The molecular weight excluding hydrogens is 252 g/mol. The number of anilines is 1. The summed E-state index contributed by atoms with van der Waals surface area (Å²) < 4.78 is 0. The van der Waals surface area contributed by atoms with E-state index >= 15 is 0 Å². The van der Waals surface area contributed by atoms with E-state index in [1.54, 1.807) is 11.6 Å². The molecule has 18 heavy (non-hydrogen) atoms. The second kappa shape index (κ2) is 7.81. The minimum Gasteiger partial charge on any atom is -0.481 e. The van der Waals surface area contributed by atoms with Gasteiger partial charge in [-0.2, -0.15) is 0 Å². The van der Waals surface area contributed by atoms with E-state index in [0.29, 0.717) is 30.8 Å². The molecule has 0 saturated heterocycles. The van der Waals surface area contributed by atoms with E-state index in [1.165, 1.54) is 11.3 Å². The third-order valence-electron chi connectivity index (χ3n) is 2.73. The highest BCUT2D eigenvalue weighted by Crippen LogP contribution is 2.15. The van der Waals surface area contributed by atoms with Gasteiger partial charge in [0, 0.05) is 18.0 Å². The van der Waals surface area contributed by atoms with Crippen LogP contribution in [0.25, 0.3) is 0 Å². The number of carbonyl (C=O) groups excluding carboxylic acids is 1. The van der Waals surface area contributed by atoms with E-state index < -0.39 is 5.97 Å². The molecule has 0 aliphatic heterocycles. The van der Waals surface area contributed by atoms with Crippen molar-refractivity contribution in [1.82, 2.24) is 4.98 Å². The van der Waals surface area contributed by atoms with E-state index in [-0.39, 0.29) is 11.8 Å². The number of carbonyl (C=O) groups is 2. The first-order valence-corrected chi connectivity index (χ1v) is 6.93. The maximum atomic E-state index is 11.5. The quantitative estimate of drug-likeness (QED) is 0.712. The van der Waals surface area contributed by atoms with Crippen molar-refractivity contribution in [2.75, 3.05) is 5.32 Å². The maximum absolute atomic E-state index is 11.5. The van der Waals surface area contributed by atoms with Crippen LogP contribution < -0.4 is 5.32 Å². The molecule has 100 valence electrons. The number of amides is 1. The van der Waals surface area contributed by atoms with Crippen molar-refractivity contribution in [3.05, 3.63) is 11.6 Å². The van der Waals surface area contributed by atoms with Gasteiger partial charge < -0.3 is 10.4 Å². The standard InChI is InChI=1S/C12H18N2O3S/c1-2-9(11(16)17)5-3-4-6-10(15)14-12-13-7-8-18-12/h7-9H,2-6H2,1H3,(H,16,17)(H,13,14,15)/t9-/m0/s1. The normalized spacial score (nSPS) is 12.1. The van der Waals surface area contributed by atoms with Crippen molar-refractivity contribution in [3.8, 4) is 0 Å². The molecule has 1 rings (SSSR count). The number of aromatic nitrogens is 1. The number of nitrogens with one attached hydrogen (secondary N) is 1. The lowest BCUT2D eigenvalue weighted by Gasteiger charge is -2.08. The molecule has 0 radical (unpaired) electrons. The maximum Gasteiger partial charge on any atom is 0.306 e. The van der Waals surface area contributed by atoms with Crippen LogP contribution in [0.3, 0.4) is 0 Å². The topological polar surface area (TPSA) is 79.3 Å². The van der Waals surface area contributed by atoms with Crippen molar-refractivity contribution >= 4 is 28.3 Å². The second-order valence-electron chi connectivity index (χ2n) is 4.07. The van der Waals surface area contributed by atoms with Crippen molar-refractivity contribution < 1.29 is 14.7 Å². The Morgan fingerprint density at radius 3 is 2.83 bits per heavy atom. The van der Waals surface area contributed by atoms with Crippen LogP contribution in [0.5, 0.6) is 0 Å². The number of carboxylic acid groups (broad SMARTS) is 1. The highest BCUT2D eigenvalue weighted by atomic mass is 32.1. The highest BCUT2D eigenvalue weighted by molar-refractivity contribution is 7.13. The number of nitrogens with zero attached hydrogens (tertiary/aromatic N) is 1. The van der Waals surface area contributed by atoms with Crippen LogP contribution in [0.1, 0.15) is 39.0 Å². The van der Waals surface area contributed by atoms with Gasteiger partial charge in [0.25, 0.3) is 0 Å². The summed E-state index contributed by atoms with van der Waals surface area (Å²) in [6, 6.07) is 0. The van der Waals surface area contributed by atoms with Gasteiger partial charge >= 0.3 is 5.97 Å². The Bertz CT molecular complexity index is 379. The number of carboxylic acids is 1. The molecule has 1 atom stereocenters. The fourth-order valence-electron chi connectivity index (χ4n) is 1.65. The van der Waals surface area contributed by atoms with Crippen LogP contribution in [-0.2, 0) is 9.59 Å². The SMILES string of the molecule is CC[C@@H](CCCCC(=O)Nc1nccs1)C(=O)O. The molecular formula is C12H18N2O3S. The number of unbranched alkanes of at least 4 members (excludes halogenated alkanes) is 1. The summed E-state index contributed by atoms with van der Waals surface area (Å²) in [7, 11) is 0. The summed E-state index contributed by atoms with van der Waals surface area (Å²) in [5.41, 5.74) is 0. The molecule has 1 heterocycles. The van der Waals surface area contributed by atoms with Crippen LogP contribution in [0.15, 0.2) is 11.6 Å². The highest BCUT2D eigenvalue weighted by Gasteiger charge is 2.14. The van der Waals surface area contributed by atoms with Crippen LogP contribution in [-0.4, -0.2) is 22.0 Å². The Balaban J connectivity index is 2.14. The van der Waals surface area contributed by atoms with E-state index in [9.17, 15) is 9.59 Å². The molecule has 5 nitrogen and oxygen atoms in total. The average molecular weight is 270 g/mol. The largest absolute Gasteiger partial charge is 0.481 e. The average Bonchev–Trinajstić information content (AvgIpc) is 2.81. The number of aliphatic carboxylic acids is 1.